The fraction of sp³-hybridized carbons (Fsp3) is 0.579. The SMILES string of the molecule is CC(C)c1ccc2c(c1)C=C1C(C)(C)CCC[C@@]12C. The van der Waals surface area contributed by atoms with Gasteiger partial charge < -0.3 is 0 Å². The first-order chi connectivity index (χ1) is 8.84. The van der Waals surface area contributed by atoms with Gasteiger partial charge in [0.1, 0.15) is 0 Å². The third-order valence-electron chi connectivity index (χ3n) is 5.44. The summed E-state index contributed by atoms with van der Waals surface area (Å²) in [6.07, 6.45) is 6.50. The second kappa shape index (κ2) is 3.98. The molecule has 0 saturated heterocycles. The van der Waals surface area contributed by atoms with Crippen molar-refractivity contribution in [3.05, 3.63) is 40.5 Å². The van der Waals surface area contributed by atoms with Gasteiger partial charge in [0.15, 0.2) is 0 Å². The lowest BCUT2D eigenvalue weighted by atomic mass is 9.60. The number of allylic oxidation sites excluding steroid dienone is 1. The Kier molecular flexibility index (Phi) is 2.71. The molecule has 2 aliphatic rings. The fourth-order valence-corrected chi connectivity index (χ4v) is 4.25. The summed E-state index contributed by atoms with van der Waals surface area (Å²) in [5.74, 6) is 0.618. The Bertz CT molecular complexity index is 545. The number of fused-ring (bicyclic) bond motifs is 3. The van der Waals surface area contributed by atoms with Gasteiger partial charge in [0, 0.05) is 5.41 Å². The van der Waals surface area contributed by atoms with Crippen LogP contribution in [-0.4, -0.2) is 0 Å². The predicted octanol–water partition coefficient (Wildman–Crippen LogP) is 5.67. The van der Waals surface area contributed by atoms with Gasteiger partial charge in [-0.15, -0.1) is 0 Å². The molecule has 19 heavy (non-hydrogen) atoms. The Hall–Kier alpha value is -1.04. The van der Waals surface area contributed by atoms with Gasteiger partial charge in [0.05, 0.1) is 0 Å². The quantitative estimate of drug-likeness (QED) is 0.605. The van der Waals surface area contributed by atoms with Crippen LogP contribution in [0.25, 0.3) is 6.08 Å². The molecule has 0 heteroatoms. The van der Waals surface area contributed by atoms with E-state index in [0.29, 0.717) is 16.7 Å². The van der Waals surface area contributed by atoms with Crippen molar-refractivity contribution in [2.45, 2.75) is 65.2 Å². The highest BCUT2D eigenvalue weighted by molar-refractivity contribution is 5.71. The number of hydrogen-bond donors (Lipinski definition) is 0. The summed E-state index contributed by atoms with van der Waals surface area (Å²) < 4.78 is 0. The molecule has 0 unspecified atom stereocenters. The highest BCUT2D eigenvalue weighted by atomic mass is 14.5. The maximum Gasteiger partial charge on any atom is 0.0148 e. The molecule has 0 aromatic heterocycles. The van der Waals surface area contributed by atoms with E-state index in [1.807, 2.05) is 0 Å². The van der Waals surface area contributed by atoms with Crippen molar-refractivity contribution < 1.29 is 0 Å². The van der Waals surface area contributed by atoms with Crippen molar-refractivity contribution in [1.82, 2.24) is 0 Å². The van der Waals surface area contributed by atoms with Gasteiger partial charge in [-0.25, -0.2) is 0 Å². The number of hydrogen-bond acceptors (Lipinski definition) is 0. The van der Waals surface area contributed by atoms with Crippen LogP contribution in [-0.2, 0) is 5.41 Å². The lowest BCUT2D eigenvalue weighted by Crippen LogP contribution is -2.35. The Balaban J connectivity index is 2.15. The van der Waals surface area contributed by atoms with Crippen LogP contribution in [0.4, 0.5) is 0 Å². The highest BCUT2D eigenvalue weighted by Crippen LogP contribution is 2.56. The van der Waals surface area contributed by atoms with Crippen molar-refractivity contribution in [3.8, 4) is 0 Å². The highest BCUT2D eigenvalue weighted by Gasteiger charge is 2.46. The van der Waals surface area contributed by atoms with Gasteiger partial charge in [-0.2, -0.15) is 0 Å². The maximum atomic E-state index is 2.50. The van der Waals surface area contributed by atoms with Gasteiger partial charge in [-0.3, -0.25) is 0 Å². The predicted molar refractivity (Wildman–Crippen MR) is 83.5 cm³/mol. The van der Waals surface area contributed by atoms with E-state index in [-0.39, 0.29) is 0 Å². The molecule has 0 spiro atoms. The van der Waals surface area contributed by atoms with Crippen LogP contribution < -0.4 is 0 Å². The molecule has 0 aliphatic heterocycles. The summed E-state index contributed by atoms with van der Waals surface area (Å²) in [5.41, 5.74) is 6.85. The molecule has 1 saturated carbocycles. The minimum Gasteiger partial charge on any atom is -0.0587 e. The van der Waals surface area contributed by atoms with Gasteiger partial charge in [-0.1, -0.05) is 70.9 Å². The van der Waals surface area contributed by atoms with Crippen LogP contribution in [0.2, 0.25) is 0 Å². The smallest absolute Gasteiger partial charge is 0.0148 e. The van der Waals surface area contributed by atoms with E-state index in [9.17, 15) is 0 Å². The standard InChI is InChI=1S/C19H26/c1-13(2)14-7-8-16-15(11-14)12-17-18(3,4)9-6-10-19(16,17)5/h7-8,11-13H,6,9-10H2,1-5H3/t19-/m1/s1. The molecule has 0 heterocycles. The first kappa shape index (κ1) is 13.0. The van der Waals surface area contributed by atoms with Gasteiger partial charge in [0.25, 0.3) is 0 Å². The Morgan fingerprint density at radius 1 is 1.05 bits per heavy atom. The van der Waals surface area contributed by atoms with E-state index in [2.05, 4.69) is 58.9 Å². The van der Waals surface area contributed by atoms with Crippen molar-refractivity contribution >= 4 is 6.08 Å². The molecule has 2 aliphatic carbocycles. The normalized spacial score (nSPS) is 28.0. The van der Waals surface area contributed by atoms with E-state index >= 15 is 0 Å². The maximum absolute atomic E-state index is 2.50. The minimum atomic E-state index is 0.298. The van der Waals surface area contributed by atoms with E-state index in [1.165, 1.54) is 30.4 Å². The minimum absolute atomic E-state index is 0.298. The molecular formula is C19H26. The van der Waals surface area contributed by atoms with Gasteiger partial charge in [0.2, 0.25) is 0 Å². The first-order valence-corrected chi connectivity index (χ1v) is 7.72. The van der Waals surface area contributed by atoms with E-state index < -0.39 is 0 Å². The molecular weight excluding hydrogens is 228 g/mol. The van der Waals surface area contributed by atoms with Gasteiger partial charge in [-0.05, 0) is 40.9 Å². The molecule has 0 bridgehead atoms. The third-order valence-corrected chi connectivity index (χ3v) is 5.44. The third kappa shape index (κ3) is 1.80. The van der Waals surface area contributed by atoms with Crippen molar-refractivity contribution in [1.29, 1.82) is 0 Å². The number of benzene rings is 1. The summed E-state index contributed by atoms with van der Waals surface area (Å²) in [7, 11) is 0. The lowest BCUT2D eigenvalue weighted by molar-refractivity contribution is 0.266. The molecule has 0 nitrogen and oxygen atoms in total. The van der Waals surface area contributed by atoms with Crippen LogP contribution in [0, 0.1) is 5.41 Å². The van der Waals surface area contributed by atoms with Crippen LogP contribution in [0.3, 0.4) is 0 Å². The molecule has 0 N–H and O–H groups in total. The molecule has 1 fully saturated rings. The Morgan fingerprint density at radius 2 is 1.79 bits per heavy atom. The second-order valence-corrected chi connectivity index (χ2v) is 7.63. The van der Waals surface area contributed by atoms with E-state index in [4.69, 9.17) is 0 Å². The Morgan fingerprint density at radius 3 is 2.47 bits per heavy atom. The molecule has 1 aromatic carbocycles. The van der Waals surface area contributed by atoms with E-state index in [0.717, 1.165) is 0 Å². The van der Waals surface area contributed by atoms with Crippen LogP contribution >= 0.6 is 0 Å². The van der Waals surface area contributed by atoms with Gasteiger partial charge >= 0.3 is 0 Å². The summed E-state index contributed by atoms with van der Waals surface area (Å²) in [6.45, 7) is 11.9. The first-order valence-electron chi connectivity index (χ1n) is 7.72. The molecule has 0 amide bonds. The van der Waals surface area contributed by atoms with Crippen molar-refractivity contribution in [2.75, 3.05) is 0 Å². The Labute approximate surface area is 117 Å². The average molecular weight is 254 g/mol. The summed E-state index contributed by atoms with van der Waals surface area (Å²) in [4.78, 5) is 0. The van der Waals surface area contributed by atoms with E-state index in [1.54, 1.807) is 11.1 Å². The molecule has 0 radical (unpaired) electrons. The summed E-state index contributed by atoms with van der Waals surface area (Å²) in [6, 6.07) is 7.16. The fourth-order valence-electron chi connectivity index (χ4n) is 4.25. The largest absolute Gasteiger partial charge is 0.0587 e. The number of rotatable bonds is 1. The summed E-state index contributed by atoms with van der Waals surface area (Å²) >= 11 is 0. The molecule has 3 rings (SSSR count). The average Bonchev–Trinajstić information content (AvgIpc) is 2.63. The van der Waals surface area contributed by atoms with Crippen molar-refractivity contribution in [3.63, 3.8) is 0 Å². The van der Waals surface area contributed by atoms with Crippen LogP contribution in [0.5, 0.6) is 0 Å². The van der Waals surface area contributed by atoms with Crippen molar-refractivity contribution in [2.24, 2.45) is 5.41 Å². The molecule has 1 aromatic rings. The topological polar surface area (TPSA) is 0 Å². The molecule has 1 atom stereocenters. The second-order valence-electron chi connectivity index (χ2n) is 7.63. The monoisotopic (exact) mass is 254 g/mol. The van der Waals surface area contributed by atoms with Crippen LogP contribution in [0.1, 0.15) is 76.5 Å². The zero-order chi connectivity index (χ0) is 13.8. The zero-order valence-corrected chi connectivity index (χ0v) is 13.0. The molecule has 102 valence electrons. The lowest BCUT2D eigenvalue weighted by Gasteiger charge is -2.44. The summed E-state index contributed by atoms with van der Waals surface area (Å²) in [5, 5.41) is 0. The van der Waals surface area contributed by atoms with Crippen LogP contribution in [0.15, 0.2) is 23.8 Å². The zero-order valence-electron chi connectivity index (χ0n) is 13.0.